The highest BCUT2D eigenvalue weighted by Crippen LogP contribution is 2.21. The molecule has 142 valence electrons. The van der Waals surface area contributed by atoms with Crippen molar-refractivity contribution in [3.8, 4) is 0 Å². The number of anilines is 1. The summed E-state index contributed by atoms with van der Waals surface area (Å²) in [5, 5.41) is 0.117. The second-order valence-electron chi connectivity index (χ2n) is 7.01. The zero-order valence-electron chi connectivity index (χ0n) is 16.0. The lowest BCUT2D eigenvalue weighted by Gasteiger charge is -2.34. The molecule has 0 spiro atoms. The highest BCUT2D eigenvalue weighted by Gasteiger charge is 2.31. The van der Waals surface area contributed by atoms with Crippen molar-refractivity contribution in [2.45, 2.75) is 38.6 Å². The fourth-order valence-corrected chi connectivity index (χ4v) is 4.38. The second kappa shape index (κ2) is 6.96. The van der Waals surface area contributed by atoms with Crippen molar-refractivity contribution in [1.82, 2.24) is 23.8 Å². The molecule has 0 aliphatic carbocycles. The average molecular weight is 379 g/mol. The molecule has 0 amide bonds. The van der Waals surface area contributed by atoms with Crippen LogP contribution in [-0.2, 0) is 17.1 Å². The minimum atomic E-state index is -3.56. The van der Waals surface area contributed by atoms with Gasteiger partial charge in [0.05, 0.1) is 0 Å². The van der Waals surface area contributed by atoms with Gasteiger partial charge < -0.3 is 9.47 Å². The molecule has 0 atom stereocenters. The lowest BCUT2D eigenvalue weighted by molar-refractivity contribution is 0.382. The number of piperazine rings is 1. The largest absolute Gasteiger partial charge is 0.354 e. The van der Waals surface area contributed by atoms with Crippen LogP contribution in [0.1, 0.15) is 37.1 Å². The van der Waals surface area contributed by atoms with Crippen LogP contribution in [0, 0.1) is 13.8 Å². The molecule has 2 aromatic heterocycles. The molecule has 0 unspecified atom stereocenters. The Bertz CT molecular complexity index is 878. The maximum Gasteiger partial charge on any atom is 0.262 e. The van der Waals surface area contributed by atoms with Crippen LogP contribution in [0.3, 0.4) is 0 Å². The van der Waals surface area contributed by atoms with Gasteiger partial charge in [-0.2, -0.15) is 4.31 Å². The van der Waals surface area contributed by atoms with E-state index in [1.165, 1.54) is 4.31 Å². The van der Waals surface area contributed by atoms with Gasteiger partial charge in [0.1, 0.15) is 17.5 Å². The van der Waals surface area contributed by atoms with Crippen molar-refractivity contribution >= 4 is 15.8 Å². The lowest BCUT2D eigenvalue weighted by atomic mass is 10.2. The van der Waals surface area contributed by atoms with Crippen LogP contribution in [0.5, 0.6) is 0 Å². The van der Waals surface area contributed by atoms with Crippen LogP contribution in [0.15, 0.2) is 17.3 Å². The first-order valence-corrected chi connectivity index (χ1v) is 10.2. The molecule has 0 N–H and O–H groups in total. The summed E-state index contributed by atoms with van der Waals surface area (Å²) in [5.74, 6) is 2.62. The molecule has 8 nitrogen and oxygen atoms in total. The molecule has 9 heteroatoms. The van der Waals surface area contributed by atoms with Gasteiger partial charge in [-0.15, -0.1) is 0 Å². The van der Waals surface area contributed by atoms with Gasteiger partial charge >= 0.3 is 0 Å². The Labute approximate surface area is 154 Å². The van der Waals surface area contributed by atoms with Gasteiger partial charge in [-0.05, 0) is 13.8 Å². The van der Waals surface area contributed by atoms with E-state index in [4.69, 9.17) is 0 Å². The first kappa shape index (κ1) is 18.8. The van der Waals surface area contributed by atoms with Crippen LogP contribution < -0.4 is 4.90 Å². The molecule has 26 heavy (non-hydrogen) atoms. The summed E-state index contributed by atoms with van der Waals surface area (Å²) >= 11 is 0. The monoisotopic (exact) mass is 378 g/mol. The predicted molar refractivity (Wildman–Crippen MR) is 99.8 cm³/mol. The molecular formula is C17H26N6O2S. The third-order valence-electron chi connectivity index (χ3n) is 4.63. The Morgan fingerprint density at radius 2 is 1.69 bits per heavy atom. The van der Waals surface area contributed by atoms with E-state index < -0.39 is 10.0 Å². The van der Waals surface area contributed by atoms with E-state index in [1.54, 1.807) is 24.7 Å². The summed E-state index contributed by atoms with van der Waals surface area (Å²) in [4.78, 5) is 15.4. The number of sulfonamides is 1. The lowest BCUT2D eigenvalue weighted by Crippen LogP contribution is -2.49. The zero-order valence-corrected chi connectivity index (χ0v) is 16.8. The Morgan fingerprint density at radius 1 is 1.04 bits per heavy atom. The van der Waals surface area contributed by atoms with Gasteiger partial charge in [-0.3, -0.25) is 0 Å². The minimum absolute atomic E-state index is 0.117. The van der Waals surface area contributed by atoms with Crippen molar-refractivity contribution in [3.05, 3.63) is 29.6 Å². The summed E-state index contributed by atoms with van der Waals surface area (Å²) in [6.07, 6.45) is 1.57. The molecule has 3 heterocycles. The highest BCUT2D eigenvalue weighted by atomic mass is 32.2. The molecule has 2 aromatic rings. The van der Waals surface area contributed by atoms with Crippen molar-refractivity contribution in [3.63, 3.8) is 0 Å². The average Bonchev–Trinajstić information content (AvgIpc) is 2.94. The van der Waals surface area contributed by atoms with Gasteiger partial charge in [0.2, 0.25) is 0 Å². The summed E-state index contributed by atoms with van der Waals surface area (Å²) < 4.78 is 28.8. The predicted octanol–water partition coefficient (Wildman–Crippen LogP) is 1.46. The van der Waals surface area contributed by atoms with Crippen molar-refractivity contribution in [1.29, 1.82) is 0 Å². The number of nitrogens with zero attached hydrogens (tertiary/aromatic N) is 6. The Kier molecular flexibility index (Phi) is 5.03. The van der Waals surface area contributed by atoms with E-state index in [0.717, 1.165) is 17.3 Å². The van der Waals surface area contributed by atoms with Crippen LogP contribution in [0.4, 0.5) is 5.82 Å². The van der Waals surface area contributed by atoms with Crippen LogP contribution in [0.25, 0.3) is 0 Å². The summed E-state index contributed by atoms with van der Waals surface area (Å²) in [6, 6.07) is 1.96. The second-order valence-corrected chi connectivity index (χ2v) is 8.89. The van der Waals surface area contributed by atoms with E-state index in [1.807, 2.05) is 13.0 Å². The van der Waals surface area contributed by atoms with Crippen LogP contribution in [0.2, 0.25) is 0 Å². The molecule has 1 aliphatic heterocycles. The number of hydrogen-bond acceptors (Lipinski definition) is 6. The Hall–Kier alpha value is -2.00. The first-order valence-electron chi connectivity index (χ1n) is 8.79. The number of imidazole rings is 1. The van der Waals surface area contributed by atoms with Crippen molar-refractivity contribution in [2.75, 3.05) is 31.1 Å². The van der Waals surface area contributed by atoms with Crippen molar-refractivity contribution < 1.29 is 8.42 Å². The number of aryl methyl sites for hydroxylation is 3. The van der Waals surface area contributed by atoms with E-state index >= 15 is 0 Å². The SMILES string of the molecule is Cc1cc(N2CCN(S(=O)(=O)c3cn(C)c(C)n3)CC2)nc(C(C)C)n1. The van der Waals surface area contributed by atoms with E-state index in [9.17, 15) is 8.42 Å². The van der Waals surface area contributed by atoms with E-state index in [-0.39, 0.29) is 10.9 Å². The molecule has 0 saturated carbocycles. The molecule has 0 aromatic carbocycles. The minimum Gasteiger partial charge on any atom is -0.354 e. The fraction of sp³-hybridized carbons (Fsp3) is 0.588. The van der Waals surface area contributed by atoms with Gasteiger partial charge in [-0.1, -0.05) is 13.8 Å². The van der Waals surface area contributed by atoms with Crippen LogP contribution >= 0.6 is 0 Å². The quantitative estimate of drug-likeness (QED) is 0.801. The van der Waals surface area contributed by atoms with E-state index in [2.05, 4.69) is 33.7 Å². The highest BCUT2D eigenvalue weighted by molar-refractivity contribution is 7.89. The third-order valence-corrected chi connectivity index (χ3v) is 6.40. The molecule has 0 radical (unpaired) electrons. The molecular weight excluding hydrogens is 352 g/mol. The van der Waals surface area contributed by atoms with Gasteiger partial charge in [-0.25, -0.2) is 23.4 Å². The maximum absolute atomic E-state index is 12.8. The standard InChI is InChI=1S/C17H26N6O2S/c1-12(2)17-18-13(3)10-15(20-17)22-6-8-23(9-7-22)26(24,25)16-11-21(5)14(4)19-16/h10-12H,6-9H2,1-5H3. The molecule has 1 aliphatic rings. The van der Waals surface area contributed by atoms with Crippen LogP contribution in [-0.4, -0.2) is 58.4 Å². The Balaban J connectivity index is 1.75. The normalized spacial score (nSPS) is 16.5. The van der Waals surface area contributed by atoms with Gasteiger partial charge in [0.15, 0.2) is 5.03 Å². The number of hydrogen-bond donors (Lipinski definition) is 0. The molecule has 1 fully saturated rings. The molecule has 0 bridgehead atoms. The zero-order chi connectivity index (χ0) is 19.1. The fourth-order valence-electron chi connectivity index (χ4n) is 2.94. The topological polar surface area (TPSA) is 84.2 Å². The summed E-state index contributed by atoms with van der Waals surface area (Å²) in [7, 11) is -1.76. The maximum atomic E-state index is 12.8. The third kappa shape index (κ3) is 3.59. The smallest absolute Gasteiger partial charge is 0.262 e. The van der Waals surface area contributed by atoms with Gasteiger partial charge in [0.25, 0.3) is 10.0 Å². The number of aromatic nitrogens is 4. The molecule has 1 saturated heterocycles. The van der Waals surface area contributed by atoms with E-state index in [0.29, 0.717) is 32.0 Å². The number of rotatable bonds is 4. The van der Waals surface area contributed by atoms with Gasteiger partial charge in [0, 0.05) is 57.1 Å². The molecule has 3 rings (SSSR count). The Morgan fingerprint density at radius 3 is 2.23 bits per heavy atom. The van der Waals surface area contributed by atoms with Crippen molar-refractivity contribution in [2.24, 2.45) is 7.05 Å². The summed E-state index contributed by atoms with van der Waals surface area (Å²) in [6.45, 7) is 9.91. The summed E-state index contributed by atoms with van der Waals surface area (Å²) in [5.41, 5.74) is 0.928. The first-order chi connectivity index (χ1) is 12.2.